The van der Waals surface area contributed by atoms with E-state index in [1.807, 2.05) is 25.1 Å². The molecule has 1 aromatic carbocycles. The van der Waals surface area contributed by atoms with E-state index in [0.717, 1.165) is 14.3 Å². The van der Waals surface area contributed by atoms with Gasteiger partial charge in [0.05, 0.1) is 16.8 Å². The minimum Gasteiger partial charge on any atom is -0.494 e. The van der Waals surface area contributed by atoms with Gasteiger partial charge in [0.2, 0.25) is 0 Å². The molecule has 68 valence electrons. The van der Waals surface area contributed by atoms with Gasteiger partial charge in [0.25, 0.3) is 0 Å². The first-order chi connectivity index (χ1) is 6.29. The van der Waals surface area contributed by atoms with Crippen LogP contribution < -0.4 is 4.74 Å². The monoisotopic (exact) mass is 305 g/mol. The van der Waals surface area contributed by atoms with Crippen molar-refractivity contribution in [2.24, 2.45) is 0 Å². The van der Waals surface area contributed by atoms with E-state index in [9.17, 15) is 0 Å². The predicted molar refractivity (Wildman–Crippen MR) is 63.5 cm³/mol. The van der Waals surface area contributed by atoms with Crippen molar-refractivity contribution in [2.45, 2.75) is 6.92 Å². The van der Waals surface area contributed by atoms with Crippen LogP contribution in [0.4, 0.5) is 0 Å². The third-order valence-electron chi connectivity index (χ3n) is 1.64. The summed E-state index contributed by atoms with van der Waals surface area (Å²) in [7, 11) is 0. The van der Waals surface area contributed by atoms with E-state index < -0.39 is 0 Å². The molecule has 13 heavy (non-hydrogen) atoms. The van der Waals surface area contributed by atoms with Gasteiger partial charge >= 0.3 is 0 Å². The Morgan fingerprint density at radius 1 is 1.54 bits per heavy atom. The molecule has 0 unspecified atom stereocenters. The van der Waals surface area contributed by atoms with Crippen LogP contribution in [0.1, 0.15) is 6.92 Å². The lowest BCUT2D eigenvalue weighted by Crippen LogP contribution is -1.89. The largest absolute Gasteiger partial charge is 0.494 e. The predicted octanol–water partition coefficient (Wildman–Crippen LogP) is 3.30. The minimum absolute atomic E-state index is 0.710. The fourth-order valence-electron chi connectivity index (χ4n) is 1.13. The zero-order valence-corrected chi connectivity index (χ0v) is 10.1. The molecule has 0 fully saturated rings. The molecule has 0 aliphatic carbocycles. The number of halogens is 1. The summed E-state index contributed by atoms with van der Waals surface area (Å²) < 4.78 is 7.66. The van der Waals surface area contributed by atoms with Crippen molar-refractivity contribution in [3.8, 4) is 5.75 Å². The molecular weight excluding hydrogens is 297 g/mol. The Morgan fingerprint density at radius 3 is 3.15 bits per heavy atom. The quantitative estimate of drug-likeness (QED) is 0.794. The van der Waals surface area contributed by atoms with Crippen molar-refractivity contribution in [1.29, 1.82) is 0 Å². The Labute approximate surface area is 94.1 Å². The highest BCUT2D eigenvalue weighted by Gasteiger charge is 2.01. The first kappa shape index (κ1) is 9.21. The lowest BCUT2D eigenvalue weighted by molar-refractivity contribution is 0.341. The second-order valence-electron chi connectivity index (χ2n) is 2.53. The third-order valence-corrected chi connectivity index (χ3v) is 3.35. The molecule has 0 bridgehead atoms. The molecule has 1 aromatic heterocycles. The van der Waals surface area contributed by atoms with Crippen molar-refractivity contribution < 1.29 is 4.74 Å². The molecule has 0 atom stereocenters. The molecule has 0 aliphatic rings. The van der Waals surface area contributed by atoms with Gasteiger partial charge in [-0.2, -0.15) is 0 Å². The smallest absolute Gasteiger partial charge is 0.155 e. The lowest BCUT2D eigenvalue weighted by atomic mass is 10.3. The summed E-state index contributed by atoms with van der Waals surface area (Å²) in [4.78, 5) is 4.36. The van der Waals surface area contributed by atoms with Gasteiger partial charge in [-0.25, -0.2) is 4.98 Å². The maximum Gasteiger partial charge on any atom is 0.155 e. The van der Waals surface area contributed by atoms with E-state index in [4.69, 9.17) is 4.74 Å². The number of hydrogen-bond acceptors (Lipinski definition) is 3. The van der Waals surface area contributed by atoms with E-state index in [1.54, 1.807) is 11.3 Å². The molecule has 4 heteroatoms. The average molecular weight is 305 g/mol. The first-order valence-corrected chi connectivity index (χ1v) is 5.88. The Hall–Kier alpha value is -0.360. The van der Waals surface area contributed by atoms with E-state index >= 15 is 0 Å². The molecule has 0 radical (unpaired) electrons. The van der Waals surface area contributed by atoms with Crippen molar-refractivity contribution in [3.63, 3.8) is 0 Å². The van der Waals surface area contributed by atoms with Crippen LogP contribution >= 0.6 is 33.9 Å². The van der Waals surface area contributed by atoms with Crippen LogP contribution in [0.3, 0.4) is 0 Å². The van der Waals surface area contributed by atoms with Gasteiger partial charge in [-0.1, -0.05) is 0 Å². The van der Waals surface area contributed by atoms with Crippen LogP contribution in [0.5, 0.6) is 5.75 Å². The standard InChI is InChI=1S/C9H8INOS/c1-2-12-6-3-4-7-8(5-6)13-9(10)11-7/h3-5H,2H2,1H3. The van der Waals surface area contributed by atoms with Crippen molar-refractivity contribution >= 4 is 44.1 Å². The maximum absolute atomic E-state index is 5.40. The van der Waals surface area contributed by atoms with Gasteiger partial charge in [0.15, 0.2) is 3.01 Å². The summed E-state index contributed by atoms with van der Waals surface area (Å²) in [6.07, 6.45) is 0. The summed E-state index contributed by atoms with van der Waals surface area (Å²) in [6, 6.07) is 6.00. The molecule has 0 N–H and O–H groups in total. The summed E-state index contributed by atoms with van der Waals surface area (Å²) in [5.41, 5.74) is 1.05. The minimum atomic E-state index is 0.710. The highest BCUT2D eigenvalue weighted by Crippen LogP contribution is 2.26. The van der Waals surface area contributed by atoms with Crippen LogP contribution in [0.15, 0.2) is 18.2 Å². The summed E-state index contributed by atoms with van der Waals surface area (Å²) in [5.74, 6) is 0.926. The molecule has 1 heterocycles. The number of benzene rings is 1. The van der Waals surface area contributed by atoms with Crippen LogP contribution in [-0.4, -0.2) is 11.6 Å². The Kier molecular flexibility index (Phi) is 2.69. The van der Waals surface area contributed by atoms with E-state index in [2.05, 4.69) is 27.6 Å². The molecule has 0 amide bonds. The first-order valence-electron chi connectivity index (χ1n) is 3.98. The Balaban J connectivity index is 2.48. The van der Waals surface area contributed by atoms with Crippen molar-refractivity contribution in [2.75, 3.05) is 6.61 Å². The average Bonchev–Trinajstić information content (AvgIpc) is 2.44. The van der Waals surface area contributed by atoms with Gasteiger partial charge in [0.1, 0.15) is 5.75 Å². The zero-order chi connectivity index (χ0) is 9.26. The van der Waals surface area contributed by atoms with Gasteiger partial charge in [-0.15, -0.1) is 11.3 Å². The number of rotatable bonds is 2. The lowest BCUT2D eigenvalue weighted by Gasteiger charge is -2.00. The number of nitrogens with zero attached hydrogens (tertiary/aromatic N) is 1. The molecule has 0 aliphatic heterocycles. The molecule has 2 rings (SSSR count). The van der Waals surface area contributed by atoms with Gasteiger partial charge in [-0.3, -0.25) is 0 Å². The zero-order valence-electron chi connectivity index (χ0n) is 7.08. The van der Waals surface area contributed by atoms with Crippen LogP contribution in [-0.2, 0) is 0 Å². The topological polar surface area (TPSA) is 22.1 Å². The number of thiazole rings is 1. The summed E-state index contributed by atoms with van der Waals surface area (Å²) >= 11 is 3.92. The number of fused-ring (bicyclic) bond motifs is 1. The number of hydrogen-bond donors (Lipinski definition) is 0. The molecule has 0 saturated heterocycles. The number of ether oxygens (including phenoxy) is 1. The highest BCUT2D eigenvalue weighted by atomic mass is 127. The van der Waals surface area contributed by atoms with E-state index in [-0.39, 0.29) is 0 Å². The SMILES string of the molecule is CCOc1ccc2nc(I)sc2c1. The van der Waals surface area contributed by atoms with Crippen molar-refractivity contribution in [3.05, 3.63) is 21.2 Å². The molecular formula is C9H8INOS. The van der Waals surface area contributed by atoms with Gasteiger partial charge in [0, 0.05) is 0 Å². The Bertz CT molecular complexity index is 426. The van der Waals surface area contributed by atoms with Crippen LogP contribution in [0.25, 0.3) is 10.2 Å². The second-order valence-corrected chi connectivity index (χ2v) is 5.31. The van der Waals surface area contributed by atoms with Gasteiger partial charge < -0.3 is 4.74 Å². The molecule has 0 spiro atoms. The number of aromatic nitrogens is 1. The van der Waals surface area contributed by atoms with E-state index in [0.29, 0.717) is 6.61 Å². The van der Waals surface area contributed by atoms with Crippen molar-refractivity contribution in [1.82, 2.24) is 4.98 Å². The van der Waals surface area contributed by atoms with E-state index in [1.165, 1.54) is 4.70 Å². The van der Waals surface area contributed by atoms with Gasteiger partial charge in [-0.05, 0) is 47.7 Å². The summed E-state index contributed by atoms with van der Waals surface area (Å²) in [5, 5.41) is 0. The maximum atomic E-state index is 5.40. The van der Waals surface area contributed by atoms with Crippen LogP contribution in [0.2, 0.25) is 0 Å². The normalized spacial score (nSPS) is 10.6. The molecule has 2 nitrogen and oxygen atoms in total. The fraction of sp³-hybridized carbons (Fsp3) is 0.222. The highest BCUT2D eigenvalue weighted by molar-refractivity contribution is 14.1. The second kappa shape index (κ2) is 3.79. The summed E-state index contributed by atoms with van der Waals surface area (Å²) in [6.45, 7) is 2.70. The van der Waals surface area contributed by atoms with Crippen LogP contribution in [0, 0.1) is 3.01 Å². The fourth-order valence-corrected chi connectivity index (χ4v) is 2.82. The molecule has 0 saturated carbocycles. The third kappa shape index (κ3) is 1.94. The molecule has 2 aromatic rings. The Morgan fingerprint density at radius 2 is 2.38 bits per heavy atom.